The van der Waals surface area contributed by atoms with Gasteiger partial charge in [0.25, 0.3) is 0 Å². The van der Waals surface area contributed by atoms with Gasteiger partial charge in [0.1, 0.15) is 6.61 Å². The molecule has 0 heterocycles. The third-order valence-corrected chi connectivity index (χ3v) is 1.58. The Morgan fingerprint density at radius 3 is 2.69 bits per heavy atom. The molecule has 0 bridgehead atoms. The lowest BCUT2D eigenvalue weighted by Crippen LogP contribution is -1.99. The summed E-state index contributed by atoms with van der Waals surface area (Å²) in [6.45, 7) is 2.10. The zero-order chi connectivity index (χ0) is 9.52. The number of oxime groups is 1. The minimum Gasteiger partial charge on any atom is -0.393 e. The molecule has 1 rings (SSSR count). The first-order valence-electron chi connectivity index (χ1n) is 4.17. The number of benzene rings is 1. The van der Waals surface area contributed by atoms with E-state index in [-0.39, 0.29) is 13.2 Å². The SMILES string of the molecule is C/C(=N/OCCO)c1ccccc1. The molecule has 0 unspecified atom stereocenters. The van der Waals surface area contributed by atoms with Crippen LogP contribution in [0.4, 0.5) is 0 Å². The van der Waals surface area contributed by atoms with E-state index < -0.39 is 0 Å². The van der Waals surface area contributed by atoms with Gasteiger partial charge in [-0.25, -0.2) is 0 Å². The van der Waals surface area contributed by atoms with E-state index in [0.717, 1.165) is 11.3 Å². The third-order valence-electron chi connectivity index (χ3n) is 1.58. The molecule has 0 aliphatic rings. The van der Waals surface area contributed by atoms with Crippen molar-refractivity contribution < 1.29 is 9.94 Å². The van der Waals surface area contributed by atoms with Crippen LogP contribution in [-0.4, -0.2) is 24.0 Å². The lowest BCUT2D eigenvalue weighted by Gasteiger charge is -1.99. The highest BCUT2D eigenvalue weighted by atomic mass is 16.6. The van der Waals surface area contributed by atoms with Gasteiger partial charge in [0.2, 0.25) is 0 Å². The van der Waals surface area contributed by atoms with Crippen LogP contribution in [0.1, 0.15) is 12.5 Å². The minimum atomic E-state index is -0.00836. The molecule has 0 atom stereocenters. The molecule has 3 nitrogen and oxygen atoms in total. The second kappa shape index (κ2) is 5.32. The third kappa shape index (κ3) is 3.25. The zero-order valence-electron chi connectivity index (χ0n) is 7.60. The average molecular weight is 179 g/mol. The molecule has 70 valence electrons. The molecule has 1 aromatic carbocycles. The number of nitrogens with zero attached hydrogens (tertiary/aromatic N) is 1. The number of aliphatic hydroxyl groups excluding tert-OH is 1. The number of rotatable bonds is 4. The summed E-state index contributed by atoms with van der Waals surface area (Å²) in [5, 5.41) is 12.3. The molecule has 0 aliphatic carbocycles. The molecule has 0 aromatic heterocycles. The van der Waals surface area contributed by atoms with Crippen LogP contribution in [0.3, 0.4) is 0 Å². The summed E-state index contributed by atoms with van der Waals surface area (Å²) in [4.78, 5) is 4.84. The Bertz CT molecular complexity index is 270. The van der Waals surface area contributed by atoms with Gasteiger partial charge in [-0.3, -0.25) is 0 Å². The summed E-state index contributed by atoms with van der Waals surface area (Å²) in [5.74, 6) is 0. The Labute approximate surface area is 77.6 Å². The largest absolute Gasteiger partial charge is 0.393 e. The lowest BCUT2D eigenvalue weighted by atomic mass is 10.1. The molecule has 0 spiro atoms. The van der Waals surface area contributed by atoms with E-state index in [1.165, 1.54) is 0 Å². The van der Waals surface area contributed by atoms with Crippen molar-refractivity contribution in [1.29, 1.82) is 0 Å². The normalized spacial score (nSPS) is 11.4. The number of aliphatic hydroxyl groups is 1. The maximum absolute atomic E-state index is 8.46. The van der Waals surface area contributed by atoms with Gasteiger partial charge < -0.3 is 9.94 Å². The highest BCUT2D eigenvalue weighted by molar-refractivity contribution is 5.98. The molecule has 0 saturated carbocycles. The van der Waals surface area contributed by atoms with E-state index in [1.54, 1.807) is 0 Å². The fraction of sp³-hybridized carbons (Fsp3) is 0.300. The average Bonchev–Trinajstić information content (AvgIpc) is 2.19. The second-order valence-corrected chi connectivity index (χ2v) is 2.60. The Balaban J connectivity index is 2.57. The molecule has 3 heteroatoms. The molecule has 1 aromatic rings. The smallest absolute Gasteiger partial charge is 0.140 e. The van der Waals surface area contributed by atoms with E-state index in [4.69, 9.17) is 9.94 Å². The highest BCUT2D eigenvalue weighted by Crippen LogP contribution is 2.00. The summed E-state index contributed by atoms with van der Waals surface area (Å²) in [6.07, 6.45) is 0. The van der Waals surface area contributed by atoms with E-state index in [1.807, 2.05) is 37.3 Å². The van der Waals surface area contributed by atoms with Crippen molar-refractivity contribution in [3.05, 3.63) is 35.9 Å². The van der Waals surface area contributed by atoms with Gasteiger partial charge in [-0.2, -0.15) is 0 Å². The van der Waals surface area contributed by atoms with Crippen LogP contribution >= 0.6 is 0 Å². The van der Waals surface area contributed by atoms with Crippen LogP contribution in [0, 0.1) is 0 Å². The maximum atomic E-state index is 8.46. The molecule has 1 N–H and O–H groups in total. The van der Waals surface area contributed by atoms with Crippen LogP contribution in [0.2, 0.25) is 0 Å². The topological polar surface area (TPSA) is 41.8 Å². The molecule has 0 radical (unpaired) electrons. The van der Waals surface area contributed by atoms with Crippen molar-refractivity contribution in [1.82, 2.24) is 0 Å². The minimum absolute atomic E-state index is 0.00836. The fourth-order valence-electron chi connectivity index (χ4n) is 0.915. The van der Waals surface area contributed by atoms with E-state index in [9.17, 15) is 0 Å². The van der Waals surface area contributed by atoms with E-state index in [2.05, 4.69) is 5.16 Å². The van der Waals surface area contributed by atoms with Crippen LogP contribution in [0.25, 0.3) is 0 Å². The van der Waals surface area contributed by atoms with Gasteiger partial charge in [0, 0.05) is 0 Å². The molecule has 0 amide bonds. The molecule has 0 fully saturated rings. The summed E-state index contributed by atoms with van der Waals surface area (Å²) in [6, 6.07) is 9.76. The van der Waals surface area contributed by atoms with Crippen molar-refractivity contribution in [3.8, 4) is 0 Å². The molecular formula is C10H13NO2. The summed E-state index contributed by atoms with van der Waals surface area (Å²) in [7, 11) is 0. The standard InChI is InChI=1S/C10H13NO2/c1-9(11-13-8-7-12)10-5-3-2-4-6-10/h2-6,12H,7-8H2,1H3/b11-9-. The summed E-state index contributed by atoms with van der Waals surface area (Å²) in [5.41, 5.74) is 1.84. The highest BCUT2D eigenvalue weighted by Gasteiger charge is 1.94. The van der Waals surface area contributed by atoms with Crippen molar-refractivity contribution in [2.45, 2.75) is 6.92 Å². The first kappa shape index (κ1) is 9.74. The second-order valence-electron chi connectivity index (χ2n) is 2.60. The molecule has 13 heavy (non-hydrogen) atoms. The van der Waals surface area contributed by atoms with Gasteiger partial charge in [0.15, 0.2) is 0 Å². The van der Waals surface area contributed by atoms with Crippen LogP contribution in [0.5, 0.6) is 0 Å². The van der Waals surface area contributed by atoms with E-state index in [0.29, 0.717) is 0 Å². The summed E-state index contributed by atoms with van der Waals surface area (Å²) < 4.78 is 0. The van der Waals surface area contributed by atoms with Crippen molar-refractivity contribution in [2.75, 3.05) is 13.2 Å². The van der Waals surface area contributed by atoms with Gasteiger partial charge in [-0.1, -0.05) is 35.5 Å². The van der Waals surface area contributed by atoms with Gasteiger partial charge in [-0.05, 0) is 12.5 Å². The van der Waals surface area contributed by atoms with Crippen molar-refractivity contribution in [2.24, 2.45) is 5.16 Å². The maximum Gasteiger partial charge on any atom is 0.140 e. The first-order valence-corrected chi connectivity index (χ1v) is 4.17. The van der Waals surface area contributed by atoms with Crippen LogP contribution in [0.15, 0.2) is 35.5 Å². The van der Waals surface area contributed by atoms with E-state index >= 15 is 0 Å². The lowest BCUT2D eigenvalue weighted by molar-refractivity contribution is 0.0986. The van der Waals surface area contributed by atoms with Crippen LogP contribution < -0.4 is 0 Å². The Morgan fingerprint density at radius 2 is 2.08 bits per heavy atom. The number of hydrogen-bond acceptors (Lipinski definition) is 3. The predicted octanol–water partition coefficient (Wildman–Crippen LogP) is 1.42. The van der Waals surface area contributed by atoms with Crippen LogP contribution in [-0.2, 0) is 4.84 Å². The summed E-state index contributed by atoms with van der Waals surface area (Å²) >= 11 is 0. The fourth-order valence-corrected chi connectivity index (χ4v) is 0.915. The molecule has 0 saturated heterocycles. The zero-order valence-corrected chi connectivity index (χ0v) is 7.60. The molecular weight excluding hydrogens is 166 g/mol. The predicted molar refractivity (Wildman–Crippen MR) is 51.7 cm³/mol. The van der Waals surface area contributed by atoms with Crippen molar-refractivity contribution in [3.63, 3.8) is 0 Å². The Kier molecular flexibility index (Phi) is 3.99. The van der Waals surface area contributed by atoms with Crippen molar-refractivity contribution >= 4 is 5.71 Å². The first-order chi connectivity index (χ1) is 6.34. The quantitative estimate of drug-likeness (QED) is 0.431. The van der Waals surface area contributed by atoms with Gasteiger partial charge in [0.05, 0.1) is 12.3 Å². The monoisotopic (exact) mass is 179 g/mol. The Morgan fingerprint density at radius 1 is 1.38 bits per heavy atom. The van der Waals surface area contributed by atoms with Gasteiger partial charge >= 0.3 is 0 Å². The Hall–Kier alpha value is -1.35. The number of hydrogen-bond donors (Lipinski definition) is 1. The van der Waals surface area contributed by atoms with Gasteiger partial charge in [-0.15, -0.1) is 0 Å². The molecule has 0 aliphatic heterocycles.